The molecule has 0 spiro atoms. The normalized spacial score (nSPS) is 42.9. The monoisotopic (exact) mass is 396 g/mol. The van der Waals surface area contributed by atoms with Crippen molar-refractivity contribution in [1.29, 1.82) is 0 Å². The average Bonchev–Trinajstić information content (AvgIpc) is 2.62. The Kier molecular flexibility index (Phi) is 4.24. The third-order valence-corrected chi connectivity index (χ3v) is 8.83. The molecule has 1 aromatic rings. The van der Waals surface area contributed by atoms with Crippen LogP contribution in [0.2, 0.25) is 0 Å². The molecule has 2 unspecified atom stereocenters. The van der Waals surface area contributed by atoms with Crippen molar-refractivity contribution >= 4 is 5.91 Å². The summed E-state index contributed by atoms with van der Waals surface area (Å²) in [6, 6.07) is 0.580. The lowest BCUT2D eigenvalue weighted by atomic mass is 9.52. The van der Waals surface area contributed by atoms with Crippen molar-refractivity contribution in [2.45, 2.75) is 81.9 Å². The Labute approximate surface area is 172 Å². The van der Waals surface area contributed by atoms with Crippen molar-refractivity contribution < 1.29 is 9.90 Å². The molecule has 6 nitrogen and oxygen atoms in total. The summed E-state index contributed by atoms with van der Waals surface area (Å²) in [4.78, 5) is 21.7. The first kappa shape index (κ1) is 18.3. The number of hydrogen-bond donors (Lipinski definition) is 2. The van der Waals surface area contributed by atoms with Crippen molar-refractivity contribution in [3.8, 4) is 0 Å². The van der Waals surface area contributed by atoms with Gasteiger partial charge in [0.1, 0.15) is 6.33 Å². The minimum absolute atomic E-state index is 0.00200. The van der Waals surface area contributed by atoms with Crippen LogP contribution in [0.1, 0.15) is 74.6 Å². The van der Waals surface area contributed by atoms with Crippen LogP contribution in [-0.4, -0.2) is 43.7 Å². The first-order valence-corrected chi connectivity index (χ1v) is 11.6. The van der Waals surface area contributed by atoms with E-state index >= 15 is 0 Å². The summed E-state index contributed by atoms with van der Waals surface area (Å²) in [5.41, 5.74) is 3.75. The maximum Gasteiger partial charge on any atom is 0.271 e. The van der Waals surface area contributed by atoms with Crippen LogP contribution in [-0.2, 0) is 0 Å². The van der Waals surface area contributed by atoms with Gasteiger partial charge >= 0.3 is 0 Å². The minimum Gasteiger partial charge on any atom is -0.390 e. The fourth-order valence-corrected chi connectivity index (χ4v) is 7.46. The van der Waals surface area contributed by atoms with Crippen LogP contribution < -0.4 is 5.43 Å². The molecule has 6 aliphatic carbocycles. The van der Waals surface area contributed by atoms with Gasteiger partial charge in [-0.15, -0.1) is 0 Å². The van der Waals surface area contributed by atoms with E-state index in [2.05, 4.69) is 15.4 Å². The molecule has 0 radical (unpaired) electrons. The summed E-state index contributed by atoms with van der Waals surface area (Å²) in [5.74, 6) is 3.21. The molecular weight excluding hydrogens is 364 g/mol. The van der Waals surface area contributed by atoms with E-state index in [-0.39, 0.29) is 11.9 Å². The minimum atomic E-state index is -0.483. The molecule has 1 heterocycles. The largest absolute Gasteiger partial charge is 0.390 e. The van der Waals surface area contributed by atoms with Gasteiger partial charge < -0.3 is 5.11 Å². The molecule has 2 atom stereocenters. The van der Waals surface area contributed by atoms with E-state index in [1.54, 1.807) is 12.4 Å². The van der Waals surface area contributed by atoms with Crippen molar-refractivity contribution in [2.24, 2.45) is 29.6 Å². The molecule has 7 rings (SSSR count). The second-order valence-corrected chi connectivity index (χ2v) is 10.7. The Bertz CT molecular complexity index is 760. The van der Waals surface area contributed by atoms with E-state index in [0.29, 0.717) is 29.4 Å². The molecule has 4 bridgehead atoms. The summed E-state index contributed by atoms with van der Waals surface area (Å²) in [6.07, 6.45) is 16.3. The van der Waals surface area contributed by atoms with Gasteiger partial charge in [-0.3, -0.25) is 9.80 Å². The van der Waals surface area contributed by atoms with E-state index in [0.717, 1.165) is 43.9 Å². The molecular formula is C23H32N4O2. The first-order chi connectivity index (χ1) is 14.1. The average molecular weight is 397 g/mol. The lowest BCUT2D eigenvalue weighted by Crippen LogP contribution is -2.67. The molecule has 2 N–H and O–H groups in total. The van der Waals surface area contributed by atoms with Crippen LogP contribution >= 0.6 is 0 Å². The predicted octanol–water partition coefficient (Wildman–Crippen LogP) is 2.94. The Morgan fingerprint density at radius 2 is 1.69 bits per heavy atom. The van der Waals surface area contributed by atoms with Gasteiger partial charge in [0, 0.05) is 18.4 Å². The van der Waals surface area contributed by atoms with Crippen LogP contribution in [0.5, 0.6) is 0 Å². The van der Waals surface area contributed by atoms with Crippen LogP contribution in [0, 0.1) is 29.6 Å². The quantitative estimate of drug-likeness (QED) is 0.748. The molecule has 6 heteroatoms. The van der Waals surface area contributed by atoms with E-state index < -0.39 is 5.60 Å². The van der Waals surface area contributed by atoms with E-state index in [1.807, 2.05) is 5.01 Å². The van der Waals surface area contributed by atoms with Crippen LogP contribution in [0.15, 0.2) is 18.7 Å². The van der Waals surface area contributed by atoms with Gasteiger partial charge in [-0.1, -0.05) is 19.3 Å². The van der Waals surface area contributed by atoms with Gasteiger partial charge in [-0.2, -0.15) is 0 Å². The van der Waals surface area contributed by atoms with Gasteiger partial charge in [0.05, 0.1) is 17.2 Å². The number of carbonyl (C=O) groups excluding carboxylic acids is 1. The molecule has 6 saturated carbocycles. The smallest absolute Gasteiger partial charge is 0.271 e. The Hall–Kier alpha value is -1.53. The highest BCUT2D eigenvalue weighted by Crippen LogP contribution is 2.57. The van der Waals surface area contributed by atoms with Crippen LogP contribution in [0.25, 0.3) is 0 Å². The number of hydrogen-bond acceptors (Lipinski definition) is 5. The third-order valence-electron chi connectivity index (χ3n) is 8.83. The number of amides is 1. The second kappa shape index (κ2) is 6.74. The SMILES string of the molecule is O=C(c1cncnc1)N(NC1CC(C2CCC2)C1)C1C2CC3CC1CC(O)(C3)C2. The molecule has 0 aliphatic heterocycles. The number of nitrogens with zero attached hydrogens (tertiary/aromatic N) is 3. The van der Waals surface area contributed by atoms with Crippen molar-refractivity contribution in [3.63, 3.8) is 0 Å². The maximum atomic E-state index is 13.5. The first-order valence-electron chi connectivity index (χ1n) is 11.6. The summed E-state index contributed by atoms with van der Waals surface area (Å²) >= 11 is 0. The van der Waals surface area contributed by atoms with Crippen molar-refractivity contribution in [3.05, 3.63) is 24.3 Å². The number of rotatable bonds is 5. The van der Waals surface area contributed by atoms with Gasteiger partial charge in [-0.05, 0) is 74.5 Å². The summed E-state index contributed by atoms with van der Waals surface area (Å²) in [7, 11) is 0. The zero-order valence-corrected chi connectivity index (χ0v) is 17.0. The number of aromatic nitrogens is 2. The number of hydrazine groups is 1. The molecule has 6 aliphatic rings. The fourth-order valence-electron chi connectivity index (χ4n) is 7.46. The Morgan fingerprint density at radius 3 is 2.28 bits per heavy atom. The van der Waals surface area contributed by atoms with Crippen LogP contribution in [0.3, 0.4) is 0 Å². The lowest BCUT2D eigenvalue weighted by Gasteiger charge is -2.60. The van der Waals surface area contributed by atoms with Crippen molar-refractivity contribution in [2.75, 3.05) is 0 Å². The summed E-state index contributed by atoms with van der Waals surface area (Å²) < 4.78 is 0. The predicted molar refractivity (Wildman–Crippen MR) is 107 cm³/mol. The highest BCUT2D eigenvalue weighted by Gasteiger charge is 2.57. The molecule has 0 saturated heterocycles. The van der Waals surface area contributed by atoms with Gasteiger partial charge in [0.2, 0.25) is 0 Å². The molecule has 6 fully saturated rings. The highest BCUT2D eigenvalue weighted by atomic mass is 16.3. The Balaban J connectivity index is 1.23. The number of nitrogens with one attached hydrogen (secondary N) is 1. The van der Waals surface area contributed by atoms with E-state index in [1.165, 1.54) is 38.4 Å². The number of aliphatic hydroxyl groups is 1. The van der Waals surface area contributed by atoms with Gasteiger partial charge in [-0.25, -0.2) is 15.4 Å². The molecule has 1 aromatic heterocycles. The second-order valence-electron chi connectivity index (χ2n) is 10.7. The fraction of sp³-hybridized carbons (Fsp3) is 0.783. The Morgan fingerprint density at radius 1 is 1.00 bits per heavy atom. The maximum absolute atomic E-state index is 13.5. The van der Waals surface area contributed by atoms with Crippen molar-refractivity contribution in [1.82, 2.24) is 20.4 Å². The zero-order chi connectivity index (χ0) is 19.6. The van der Waals surface area contributed by atoms with Gasteiger partial charge in [0.15, 0.2) is 0 Å². The molecule has 29 heavy (non-hydrogen) atoms. The zero-order valence-electron chi connectivity index (χ0n) is 17.0. The van der Waals surface area contributed by atoms with E-state index in [9.17, 15) is 9.90 Å². The molecule has 156 valence electrons. The highest BCUT2D eigenvalue weighted by molar-refractivity contribution is 5.93. The number of carbonyl (C=O) groups is 1. The summed E-state index contributed by atoms with van der Waals surface area (Å²) in [5, 5.41) is 13.0. The van der Waals surface area contributed by atoms with Crippen LogP contribution in [0.4, 0.5) is 0 Å². The summed E-state index contributed by atoms with van der Waals surface area (Å²) in [6.45, 7) is 0. The lowest BCUT2D eigenvalue weighted by molar-refractivity contribution is -0.163. The molecule has 0 aromatic carbocycles. The molecule has 1 amide bonds. The topological polar surface area (TPSA) is 78.4 Å². The van der Waals surface area contributed by atoms with E-state index in [4.69, 9.17) is 0 Å². The third kappa shape index (κ3) is 3.10. The van der Waals surface area contributed by atoms with Gasteiger partial charge in [0.25, 0.3) is 5.91 Å². The standard InChI is InChI=1S/C23H32N4O2/c28-22(19-11-24-13-25-12-19)27(26-20-6-16(7-20)15-2-1-3-15)21-17-4-14-5-18(21)10-23(29,8-14)9-17/h11-18,20-21,26,29H,1-10H2.